The van der Waals surface area contributed by atoms with Gasteiger partial charge in [0.2, 0.25) is 0 Å². The highest BCUT2D eigenvalue weighted by Crippen LogP contribution is 2.23. The third-order valence-electron chi connectivity index (χ3n) is 4.60. The van der Waals surface area contributed by atoms with E-state index in [1.807, 2.05) is 0 Å². The lowest BCUT2D eigenvalue weighted by atomic mass is 9.98. The Morgan fingerprint density at radius 2 is 1.86 bits per heavy atom. The number of ether oxygens (including phenoxy) is 1. The van der Waals surface area contributed by atoms with Crippen molar-refractivity contribution < 1.29 is 19.1 Å². The first-order chi connectivity index (χ1) is 13.1. The lowest BCUT2D eigenvalue weighted by molar-refractivity contribution is -0.120. The van der Waals surface area contributed by atoms with E-state index in [1.165, 1.54) is 0 Å². The van der Waals surface area contributed by atoms with Gasteiger partial charge in [0.05, 0.1) is 16.6 Å². The minimum absolute atomic E-state index is 0.00898. The van der Waals surface area contributed by atoms with E-state index in [9.17, 15) is 14.4 Å². The molecule has 28 heavy (non-hydrogen) atoms. The fraction of sp³-hybridized carbons (Fsp3) is 0.571. The quantitative estimate of drug-likeness (QED) is 0.744. The number of amides is 2. The molecule has 7 heteroatoms. The van der Waals surface area contributed by atoms with Crippen LogP contribution in [0.15, 0.2) is 18.2 Å². The van der Waals surface area contributed by atoms with Crippen LogP contribution in [0.25, 0.3) is 0 Å². The smallest absolute Gasteiger partial charge is 0.408 e. The molecule has 0 bridgehead atoms. The highest BCUT2D eigenvalue weighted by molar-refractivity contribution is 6.34. The monoisotopic (exact) mass is 408 g/mol. The van der Waals surface area contributed by atoms with E-state index in [0.29, 0.717) is 16.1 Å². The Kier molecular flexibility index (Phi) is 7.47. The molecule has 1 aliphatic rings. The van der Waals surface area contributed by atoms with Gasteiger partial charge in [-0.2, -0.15) is 0 Å². The Morgan fingerprint density at radius 1 is 1.21 bits per heavy atom. The van der Waals surface area contributed by atoms with Gasteiger partial charge in [-0.25, -0.2) is 4.79 Å². The maximum Gasteiger partial charge on any atom is 0.408 e. The molecule has 0 aromatic heterocycles. The molecular formula is C21H29ClN2O4. The minimum atomic E-state index is -0.750. The summed E-state index contributed by atoms with van der Waals surface area (Å²) in [6.45, 7) is 6.84. The van der Waals surface area contributed by atoms with Crippen molar-refractivity contribution in [1.82, 2.24) is 10.6 Å². The Bertz CT molecular complexity index is 736. The molecule has 154 valence electrons. The fourth-order valence-electron chi connectivity index (χ4n) is 3.20. The SMILES string of the molecule is C[C@H](NC(=O)OC(C)(C)C)C(=O)Cc1cccc(Cl)c1C(=O)NC1CCCC1. The average molecular weight is 409 g/mol. The maximum atomic E-state index is 12.7. The lowest BCUT2D eigenvalue weighted by Gasteiger charge is -2.22. The number of carbonyl (C=O) groups excluding carboxylic acids is 3. The molecule has 2 rings (SSSR count). The van der Waals surface area contributed by atoms with Gasteiger partial charge >= 0.3 is 6.09 Å². The summed E-state index contributed by atoms with van der Waals surface area (Å²) in [7, 11) is 0. The van der Waals surface area contributed by atoms with Crippen molar-refractivity contribution in [1.29, 1.82) is 0 Å². The molecule has 1 fully saturated rings. The molecule has 2 N–H and O–H groups in total. The summed E-state index contributed by atoms with van der Waals surface area (Å²) < 4.78 is 5.18. The van der Waals surface area contributed by atoms with Gasteiger partial charge in [0.25, 0.3) is 5.91 Å². The van der Waals surface area contributed by atoms with E-state index in [4.69, 9.17) is 16.3 Å². The molecule has 0 radical (unpaired) electrons. The highest BCUT2D eigenvalue weighted by atomic mass is 35.5. The third kappa shape index (κ3) is 6.51. The van der Waals surface area contributed by atoms with Gasteiger partial charge in [-0.15, -0.1) is 0 Å². The molecule has 0 saturated heterocycles. The standard InChI is InChI=1S/C21H29ClN2O4/c1-13(23-20(27)28-21(2,3)4)17(25)12-14-8-7-11-16(22)18(14)19(26)24-15-9-5-6-10-15/h7-8,11,13,15H,5-6,9-10,12H2,1-4H3,(H,23,27)(H,24,26)/t13-/m0/s1. The van der Waals surface area contributed by atoms with Crippen molar-refractivity contribution in [3.63, 3.8) is 0 Å². The highest BCUT2D eigenvalue weighted by Gasteiger charge is 2.25. The number of benzene rings is 1. The van der Waals surface area contributed by atoms with Crippen LogP contribution < -0.4 is 10.6 Å². The lowest BCUT2D eigenvalue weighted by Crippen LogP contribution is -2.42. The molecule has 0 unspecified atom stereocenters. The fourth-order valence-corrected chi connectivity index (χ4v) is 3.48. The van der Waals surface area contributed by atoms with Crippen molar-refractivity contribution in [2.75, 3.05) is 0 Å². The van der Waals surface area contributed by atoms with Crippen molar-refractivity contribution in [3.8, 4) is 0 Å². The van der Waals surface area contributed by atoms with E-state index in [2.05, 4.69) is 10.6 Å². The van der Waals surface area contributed by atoms with E-state index in [0.717, 1.165) is 25.7 Å². The zero-order chi connectivity index (χ0) is 20.9. The van der Waals surface area contributed by atoms with Gasteiger partial charge in [-0.05, 0) is 52.2 Å². The molecule has 0 aliphatic heterocycles. The summed E-state index contributed by atoms with van der Waals surface area (Å²) in [4.78, 5) is 37.2. The summed E-state index contributed by atoms with van der Waals surface area (Å²) in [6, 6.07) is 4.47. The summed E-state index contributed by atoms with van der Waals surface area (Å²) in [5.74, 6) is -0.490. The molecule has 1 aromatic carbocycles. The number of nitrogens with one attached hydrogen (secondary N) is 2. The topological polar surface area (TPSA) is 84.5 Å². The van der Waals surface area contributed by atoms with E-state index in [1.54, 1.807) is 45.9 Å². The molecular weight excluding hydrogens is 380 g/mol. The van der Waals surface area contributed by atoms with Gasteiger partial charge in [-0.1, -0.05) is 36.6 Å². The number of carbonyl (C=O) groups is 3. The van der Waals surface area contributed by atoms with Crippen LogP contribution in [0.3, 0.4) is 0 Å². The van der Waals surface area contributed by atoms with Crippen molar-refractivity contribution in [2.24, 2.45) is 0 Å². The van der Waals surface area contributed by atoms with Crippen LogP contribution in [0.4, 0.5) is 4.79 Å². The van der Waals surface area contributed by atoms with Gasteiger partial charge < -0.3 is 15.4 Å². The average Bonchev–Trinajstić information content (AvgIpc) is 3.05. The van der Waals surface area contributed by atoms with Gasteiger partial charge in [0.15, 0.2) is 5.78 Å². The summed E-state index contributed by atoms with van der Waals surface area (Å²) in [5, 5.41) is 5.86. The molecule has 1 saturated carbocycles. The van der Waals surface area contributed by atoms with Crippen LogP contribution in [0, 0.1) is 0 Å². The van der Waals surface area contributed by atoms with Gasteiger partial charge in [0, 0.05) is 12.5 Å². The first-order valence-corrected chi connectivity index (χ1v) is 10.0. The number of rotatable bonds is 6. The Morgan fingerprint density at radius 3 is 2.46 bits per heavy atom. The van der Waals surface area contributed by atoms with Crippen LogP contribution in [-0.4, -0.2) is 35.5 Å². The van der Waals surface area contributed by atoms with Crippen molar-refractivity contribution >= 4 is 29.4 Å². The Labute approximate surface area is 171 Å². The zero-order valence-electron chi connectivity index (χ0n) is 16.9. The number of alkyl carbamates (subject to hydrolysis) is 1. The largest absolute Gasteiger partial charge is 0.444 e. The normalized spacial score (nSPS) is 15.8. The summed E-state index contributed by atoms with van der Waals surface area (Å²) in [5.41, 5.74) is 0.227. The van der Waals surface area contributed by atoms with Crippen LogP contribution in [-0.2, 0) is 16.0 Å². The maximum absolute atomic E-state index is 12.7. The number of hydrogen-bond donors (Lipinski definition) is 2. The number of ketones is 1. The number of halogens is 1. The Balaban J connectivity index is 2.06. The van der Waals surface area contributed by atoms with Crippen molar-refractivity contribution in [3.05, 3.63) is 34.3 Å². The van der Waals surface area contributed by atoms with Crippen LogP contribution in [0.2, 0.25) is 5.02 Å². The third-order valence-corrected chi connectivity index (χ3v) is 4.91. The number of Topliss-reactive ketones (excluding diaryl/α,β-unsaturated/α-hetero) is 1. The molecule has 1 aliphatic carbocycles. The Hall–Kier alpha value is -2.08. The van der Waals surface area contributed by atoms with Gasteiger partial charge in [-0.3, -0.25) is 9.59 Å². The van der Waals surface area contributed by atoms with E-state index in [-0.39, 0.29) is 24.2 Å². The molecule has 0 heterocycles. The predicted molar refractivity (Wildman–Crippen MR) is 109 cm³/mol. The van der Waals surface area contributed by atoms with Crippen LogP contribution in [0.1, 0.15) is 69.3 Å². The van der Waals surface area contributed by atoms with Crippen molar-refractivity contribution in [2.45, 2.75) is 77.5 Å². The van der Waals surface area contributed by atoms with E-state index < -0.39 is 17.7 Å². The second-order valence-electron chi connectivity index (χ2n) is 8.24. The first-order valence-electron chi connectivity index (χ1n) is 9.67. The zero-order valence-corrected chi connectivity index (χ0v) is 17.7. The second-order valence-corrected chi connectivity index (χ2v) is 8.65. The van der Waals surface area contributed by atoms with E-state index >= 15 is 0 Å². The minimum Gasteiger partial charge on any atom is -0.444 e. The summed E-state index contributed by atoms with van der Waals surface area (Å²) >= 11 is 6.27. The van der Waals surface area contributed by atoms with Crippen LogP contribution in [0.5, 0.6) is 0 Å². The number of hydrogen-bond acceptors (Lipinski definition) is 4. The van der Waals surface area contributed by atoms with Crippen LogP contribution >= 0.6 is 11.6 Å². The second kappa shape index (κ2) is 9.41. The first kappa shape index (κ1) is 22.2. The molecule has 1 aromatic rings. The summed E-state index contributed by atoms with van der Waals surface area (Å²) in [6.07, 6.45) is 3.46. The van der Waals surface area contributed by atoms with Gasteiger partial charge in [0.1, 0.15) is 5.60 Å². The molecule has 2 amide bonds. The molecule has 0 spiro atoms. The predicted octanol–water partition coefficient (Wildman–Crippen LogP) is 4.04. The molecule has 6 nitrogen and oxygen atoms in total. The molecule has 1 atom stereocenters.